The van der Waals surface area contributed by atoms with Gasteiger partial charge in [0.2, 0.25) is 0 Å². The van der Waals surface area contributed by atoms with Crippen molar-refractivity contribution in [1.29, 1.82) is 0 Å². The number of ether oxygens (including phenoxy) is 1. The third-order valence-corrected chi connectivity index (χ3v) is 7.65. The number of carbonyl (C=O) groups is 1. The van der Waals surface area contributed by atoms with Gasteiger partial charge in [0.25, 0.3) is 0 Å². The standard InChI is InChI=1S/C28H33F3N4O4/c1-39-19-2-3-23-20(14-19)25(17(15-32)16-34-23)24(36)4-5-28(27(37)38)6-9-35(10-7-28)11-8-33-26-21(30)12-18(29)13-22(26)31/h2-3,12-14,16,24,33,36H,4-11,15,32H2,1H3,(H,37,38)/t24-/m0/s1. The van der Waals surface area contributed by atoms with Gasteiger partial charge in [0.05, 0.1) is 24.1 Å². The quantitative estimate of drug-likeness (QED) is 0.282. The number of aliphatic hydroxyl groups excluding tert-OH is 1. The molecule has 3 aromatic rings. The lowest BCUT2D eigenvalue weighted by Crippen LogP contribution is -2.45. The van der Waals surface area contributed by atoms with Gasteiger partial charge in [-0.3, -0.25) is 9.78 Å². The van der Waals surface area contributed by atoms with E-state index in [2.05, 4.69) is 10.3 Å². The van der Waals surface area contributed by atoms with Gasteiger partial charge in [0, 0.05) is 43.4 Å². The molecule has 210 valence electrons. The number of piperidine rings is 1. The Labute approximate surface area is 224 Å². The first-order valence-electron chi connectivity index (χ1n) is 12.9. The zero-order valence-electron chi connectivity index (χ0n) is 21.7. The summed E-state index contributed by atoms with van der Waals surface area (Å²) in [5.41, 5.74) is 6.53. The molecular formula is C28H33F3N4O4. The second kappa shape index (κ2) is 12.2. The number of pyridine rings is 1. The van der Waals surface area contributed by atoms with Gasteiger partial charge in [-0.25, -0.2) is 13.2 Å². The zero-order chi connectivity index (χ0) is 28.2. The van der Waals surface area contributed by atoms with E-state index in [0.29, 0.717) is 72.4 Å². The van der Waals surface area contributed by atoms with Crippen molar-refractivity contribution in [3.8, 4) is 5.75 Å². The van der Waals surface area contributed by atoms with Gasteiger partial charge in [0.15, 0.2) is 11.6 Å². The lowest BCUT2D eigenvalue weighted by Gasteiger charge is -2.39. The third-order valence-electron chi connectivity index (χ3n) is 7.65. The maximum Gasteiger partial charge on any atom is 0.309 e. The topological polar surface area (TPSA) is 121 Å². The van der Waals surface area contributed by atoms with Crippen molar-refractivity contribution in [3.05, 3.63) is 65.1 Å². The normalized spacial score (nSPS) is 16.3. The Morgan fingerprint density at radius 3 is 2.51 bits per heavy atom. The lowest BCUT2D eigenvalue weighted by molar-refractivity contribution is -0.153. The third kappa shape index (κ3) is 6.26. The highest BCUT2D eigenvalue weighted by Crippen LogP contribution is 2.40. The maximum absolute atomic E-state index is 13.9. The number of carboxylic acids is 1. The minimum absolute atomic E-state index is 0.172. The molecule has 5 N–H and O–H groups in total. The summed E-state index contributed by atoms with van der Waals surface area (Å²) in [4.78, 5) is 18.8. The summed E-state index contributed by atoms with van der Waals surface area (Å²) in [7, 11) is 1.55. The number of likely N-dealkylation sites (tertiary alicyclic amines) is 1. The first-order valence-corrected chi connectivity index (χ1v) is 12.9. The van der Waals surface area contributed by atoms with E-state index in [4.69, 9.17) is 10.5 Å². The van der Waals surface area contributed by atoms with E-state index in [1.165, 1.54) is 0 Å². The van der Waals surface area contributed by atoms with Crippen LogP contribution in [0.3, 0.4) is 0 Å². The van der Waals surface area contributed by atoms with Crippen molar-refractivity contribution in [1.82, 2.24) is 9.88 Å². The summed E-state index contributed by atoms with van der Waals surface area (Å²) in [5.74, 6) is -3.30. The van der Waals surface area contributed by atoms with E-state index >= 15 is 0 Å². The van der Waals surface area contributed by atoms with Crippen molar-refractivity contribution >= 4 is 22.6 Å². The van der Waals surface area contributed by atoms with Crippen LogP contribution in [0.5, 0.6) is 5.75 Å². The summed E-state index contributed by atoms with van der Waals surface area (Å²) in [6, 6.07) is 6.60. The van der Waals surface area contributed by atoms with Crippen molar-refractivity contribution < 1.29 is 32.9 Å². The van der Waals surface area contributed by atoms with Crippen LogP contribution in [-0.4, -0.2) is 59.4 Å². The number of aliphatic hydroxyl groups is 1. The number of halogens is 3. The van der Waals surface area contributed by atoms with Gasteiger partial charge in [-0.1, -0.05) is 0 Å². The summed E-state index contributed by atoms with van der Waals surface area (Å²) in [6.45, 7) is 1.76. The number of hydrogen-bond acceptors (Lipinski definition) is 7. The van der Waals surface area contributed by atoms with E-state index < -0.39 is 34.9 Å². The number of nitrogens with one attached hydrogen (secondary N) is 1. The molecule has 8 nitrogen and oxygen atoms in total. The number of fused-ring (bicyclic) bond motifs is 1. The molecule has 0 aliphatic carbocycles. The number of rotatable bonds is 11. The average Bonchev–Trinajstić information content (AvgIpc) is 2.92. The fourth-order valence-electron chi connectivity index (χ4n) is 5.30. The molecule has 0 radical (unpaired) electrons. The molecule has 1 aromatic heterocycles. The van der Waals surface area contributed by atoms with Crippen LogP contribution in [0.25, 0.3) is 10.9 Å². The number of carboxylic acid groups (broad SMARTS) is 1. The molecule has 2 heterocycles. The zero-order valence-corrected chi connectivity index (χ0v) is 21.7. The Bertz CT molecular complexity index is 1300. The second-order valence-electron chi connectivity index (χ2n) is 9.94. The van der Waals surface area contributed by atoms with Crippen LogP contribution in [0, 0.1) is 22.9 Å². The fourth-order valence-corrected chi connectivity index (χ4v) is 5.30. The van der Waals surface area contributed by atoms with Gasteiger partial charge >= 0.3 is 5.97 Å². The molecule has 1 aliphatic rings. The van der Waals surface area contributed by atoms with E-state index in [1.807, 2.05) is 4.90 Å². The average molecular weight is 547 g/mol. The van der Waals surface area contributed by atoms with Crippen LogP contribution in [-0.2, 0) is 11.3 Å². The van der Waals surface area contributed by atoms with E-state index in [1.54, 1.807) is 31.5 Å². The number of benzene rings is 2. The molecule has 4 rings (SSSR count). The number of nitrogens with two attached hydrogens (primary N) is 1. The van der Waals surface area contributed by atoms with Crippen LogP contribution in [0.2, 0.25) is 0 Å². The molecule has 0 saturated carbocycles. The van der Waals surface area contributed by atoms with Crippen molar-refractivity contribution in [3.63, 3.8) is 0 Å². The maximum atomic E-state index is 13.9. The minimum atomic E-state index is -1.01. The van der Waals surface area contributed by atoms with E-state index in [-0.39, 0.29) is 31.6 Å². The summed E-state index contributed by atoms with van der Waals surface area (Å²) in [6.07, 6.45) is 1.91. The van der Waals surface area contributed by atoms with Gasteiger partial charge in [-0.15, -0.1) is 0 Å². The monoisotopic (exact) mass is 546 g/mol. The predicted octanol–water partition coefficient (Wildman–Crippen LogP) is 4.21. The summed E-state index contributed by atoms with van der Waals surface area (Å²) >= 11 is 0. The molecule has 11 heteroatoms. The van der Waals surface area contributed by atoms with E-state index in [9.17, 15) is 28.2 Å². The molecule has 0 amide bonds. The molecule has 0 spiro atoms. The second-order valence-corrected chi connectivity index (χ2v) is 9.94. The number of anilines is 1. The minimum Gasteiger partial charge on any atom is -0.497 e. The molecule has 2 aromatic carbocycles. The number of nitrogens with zero attached hydrogens (tertiary/aromatic N) is 2. The number of hydrogen-bond donors (Lipinski definition) is 4. The van der Waals surface area contributed by atoms with Crippen LogP contribution >= 0.6 is 0 Å². The van der Waals surface area contributed by atoms with Crippen molar-refractivity contribution in [2.45, 2.75) is 38.3 Å². The Hall–Kier alpha value is -3.41. The highest BCUT2D eigenvalue weighted by atomic mass is 19.1. The van der Waals surface area contributed by atoms with Gasteiger partial charge in [0.1, 0.15) is 17.3 Å². The fraction of sp³-hybridized carbons (Fsp3) is 0.429. The lowest BCUT2D eigenvalue weighted by atomic mass is 9.74. The van der Waals surface area contributed by atoms with E-state index in [0.717, 1.165) is 0 Å². The Morgan fingerprint density at radius 2 is 1.90 bits per heavy atom. The number of aliphatic carboxylic acids is 1. The Balaban J connectivity index is 1.39. The van der Waals surface area contributed by atoms with Crippen LogP contribution in [0.15, 0.2) is 36.5 Å². The molecule has 1 aliphatic heterocycles. The summed E-state index contributed by atoms with van der Waals surface area (Å²) in [5, 5.41) is 24.7. The van der Waals surface area contributed by atoms with Crippen LogP contribution < -0.4 is 15.8 Å². The highest BCUT2D eigenvalue weighted by Gasteiger charge is 2.41. The smallest absolute Gasteiger partial charge is 0.309 e. The van der Waals surface area contributed by atoms with Crippen LogP contribution in [0.1, 0.15) is 42.9 Å². The Kier molecular flexibility index (Phi) is 8.94. The van der Waals surface area contributed by atoms with Gasteiger partial charge in [-0.2, -0.15) is 0 Å². The summed E-state index contributed by atoms with van der Waals surface area (Å²) < 4.78 is 46.2. The molecule has 39 heavy (non-hydrogen) atoms. The van der Waals surface area contributed by atoms with Gasteiger partial charge < -0.3 is 30.9 Å². The first kappa shape index (κ1) is 28.6. The highest BCUT2D eigenvalue weighted by molar-refractivity contribution is 5.85. The van der Waals surface area contributed by atoms with Crippen molar-refractivity contribution in [2.24, 2.45) is 11.1 Å². The molecular weight excluding hydrogens is 513 g/mol. The van der Waals surface area contributed by atoms with Crippen LogP contribution in [0.4, 0.5) is 18.9 Å². The molecule has 0 unspecified atom stereocenters. The Morgan fingerprint density at radius 1 is 1.21 bits per heavy atom. The van der Waals surface area contributed by atoms with Crippen molar-refractivity contribution in [2.75, 3.05) is 38.6 Å². The number of methoxy groups -OCH3 is 1. The predicted molar refractivity (Wildman–Crippen MR) is 141 cm³/mol. The SMILES string of the molecule is COc1ccc2ncc(CN)c([C@@H](O)CCC3(C(=O)O)CCN(CCNc4c(F)cc(F)cc4F)CC3)c2c1. The molecule has 0 bridgehead atoms. The molecule has 1 fully saturated rings. The molecule has 1 saturated heterocycles. The first-order chi connectivity index (χ1) is 18.7. The molecule has 1 atom stereocenters. The van der Waals surface area contributed by atoms with Gasteiger partial charge in [-0.05, 0) is 68.1 Å². The number of aromatic nitrogens is 1. The largest absolute Gasteiger partial charge is 0.497 e.